The molecule has 1 aromatic heterocycles. The van der Waals surface area contributed by atoms with Crippen LogP contribution in [0.25, 0.3) is 0 Å². The Morgan fingerprint density at radius 3 is 2.59 bits per heavy atom. The van der Waals surface area contributed by atoms with Crippen LogP contribution in [0, 0.1) is 5.92 Å². The molecule has 2 rings (SSSR count). The molecule has 29 heavy (non-hydrogen) atoms. The number of amides is 1. The van der Waals surface area contributed by atoms with E-state index in [1.807, 2.05) is 27.9 Å². The largest absolute Gasteiger partial charge is 0.408 e. The van der Waals surface area contributed by atoms with Crippen LogP contribution in [-0.4, -0.2) is 71.9 Å². The molecule has 1 heterocycles. The minimum Gasteiger partial charge on any atom is -0.408 e. The number of thioether (sulfide) groups is 1. The molecule has 1 aliphatic rings. The summed E-state index contributed by atoms with van der Waals surface area (Å²) in [6.45, 7) is 4.63. The van der Waals surface area contributed by atoms with Gasteiger partial charge in [0.15, 0.2) is 0 Å². The average molecular weight is 427 g/mol. The van der Waals surface area contributed by atoms with Crippen molar-refractivity contribution in [1.82, 2.24) is 20.4 Å². The summed E-state index contributed by atoms with van der Waals surface area (Å²) >= 11 is 1.41. The Labute approximate surface area is 177 Å². The molecule has 0 radical (unpaired) electrons. The van der Waals surface area contributed by atoms with Crippen LogP contribution in [0.1, 0.15) is 63.1 Å². The second kappa shape index (κ2) is 11.1. The first-order chi connectivity index (χ1) is 13.7. The lowest BCUT2D eigenvalue weighted by atomic mass is 9.88. The third-order valence-electron chi connectivity index (χ3n) is 5.24. The van der Waals surface area contributed by atoms with Gasteiger partial charge in [-0.25, -0.2) is 0 Å². The summed E-state index contributed by atoms with van der Waals surface area (Å²) in [5, 5.41) is 11.2. The third kappa shape index (κ3) is 7.71. The van der Waals surface area contributed by atoms with Gasteiger partial charge < -0.3 is 19.4 Å². The number of methoxy groups -OCH3 is 1. The molecule has 164 valence electrons. The molecule has 0 spiro atoms. The van der Waals surface area contributed by atoms with Gasteiger partial charge in [0, 0.05) is 31.7 Å². The van der Waals surface area contributed by atoms with Crippen LogP contribution >= 0.6 is 11.8 Å². The maximum absolute atomic E-state index is 13.1. The molecule has 1 N–H and O–H groups in total. The van der Waals surface area contributed by atoms with Crippen molar-refractivity contribution in [1.29, 1.82) is 0 Å². The second-order valence-corrected chi connectivity index (χ2v) is 9.50. The Hall–Kier alpha value is -1.45. The summed E-state index contributed by atoms with van der Waals surface area (Å²) in [6.07, 6.45) is 5.33. The lowest BCUT2D eigenvalue weighted by Crippen LogP contribution is -2.48. The van der Waals surface area contributed by atoms with Crippen molar-refractivity contribution >= 4 is 23.5 Å². The van der Waals surface area contributed by atoms with Gasteiger partial charge in [0.2, 0.25) is 11.7 Å². The van der Waals surface area contributed by atoms with Crippen molar-refractivity contribution < 1.29 is 18.7 Å². The molecule has 0 aromatic carbocycles. The summed E-state index contributed by atoms with van der Waals surface area (Å²) in [5.74, 6) is 0.227. The zero-order valence-corrected chi connectivity index (χ0v) is 19.0. The van der Waals surface area contributed by atoms with E-state index in [4.69, 9.17) is 9.15 Å². The zero-order chi connectivity index (χ0) is 21.4. The highest BCUT2D eigenvalue weighted by Crippen LogP contribution is 2.25. The van der Waals surface area contributed by atoms with Crippen LogP contribution in [-0.2, 0) is 9.53 Å². The smallest absolute Gasteiger partial charge is 0.286 e. The molecule has 1 atom stereocenters. The van der Waals surface area contributed by atoms with Gasteiger partial charge in [-0.05, 0) is 40.8 Å². The number of rotatable bonds is 11. The predicted octanol–water partition coefficient (Wildman–Crippen LogP) is 2.79. The summed E-state index contributed by atoms with van der Waals surface area (Å²) < 4.78 is 11.0. The molecule has 9 heteroatoms. The number of carbonyl (C=O) groups is 2. The van der Waals surface area contributed by atoms with Crippen LogP contribution in [0.5, 0.6) is 0 Å². The third-order valence-corrected chi connectivity index (χ3v) is 6.04. The number of hydrogen-bond acceptors (Lipinski definition) is 8. The van der Waals surface area contributed by atoms with Crippen LogP contribution in [0.15, 0.2) is 9.64 Å². The highest BCUT2D eigenvalue weighted by atomic mass is 32.2. The minimum atomic E-state index is -0.764. The standard InChI is InChI=1S/C20H34N4O4S/c1-20(2,27-5)13-15(21-17(26)14-9-7-6-8-10-14)16(25)18-22-23-19(28-18)29-12-11-24(3)4/h14-15H,6-13H2,1-5H3,(H,21,26). The molecule has 1 aromatic rings. The van der Waals surface area contributed by atoms with Crippen LogP contribution in [0.4, 0.5) is 0 Å². The van der Waals surface area contributed by atoms with Crippen LogP contribution in [0.3, 0.4) is 0 Å². The van der Waals surface area contributed by atoms with Gasteiger partial charge in [0.05, 0.1) is 5.60 Å². The Morgan fingerprint density at radius 1 is 1.28 bits per heavy atom. The fourth-order valence-electron chi connectivity index (χ4n) is 3.27. The highest BCUT2D eigenvalue weighted by molar-refractivity contribution is 7.99. The van der Waals surface area contributed by atoms with Crippen molar-refractivity contribution in [2.45, 2.75) is 69.2 Å². The number of aromatic nitrogens is 2. The van der Waals surface area contributed by atoms with Crippen molar-refractivity contribution in [3.8, 4) is 0 Å². The van der Waals surface area contributed by atoms with Crippen molar-refractivity contribution in [3.05, 3.63) is 5.89 Å². The van der Waals surface area contributed by atoms with E-state index in [9.17, 15) is 9.59 Å². The van der Waals surface area contributed by atoms with E-state index in [0.717, 1.165) is 38.0 Å². The fourth-order valence-corrected chi connectivity index (χ4v) is 4.14. The second-order valence-electron chi connectivity index (χ2n) is 8.45. The van der Waals surface area contributed by atoms with E-state index in [-0.39, 0.29) is 23.5 Å². The molecule has 1 aliphatic carbocycles. The first kappa shape index (κ1) is 23.8. The molecule has 1 saturated carbocycles. The van der Waals surface area contributed by atoms with E-state index in [2.05, 4.69) is 20.4 Å². The van der Waals surface area contributed by atoms with Gasteiger partial charge >= 0.3 is 0 Å². The van der Waals surface area contributed by atoms with Gasteiger partial charge in [0.1, 0.15) is 6.04 Å². The fraction of sp³-hybridized carbons (Fsp3) is 0.800. The molecule has 1 fully saturated rings. The van der Waals surface area contributed by atoms with Crippen molar-refractivity contribution in [2.24, 2.45) is 5.92 Å². The Kier molecular flexibility index (Phi) is 9.10. The number of nitrogens with zero attached hydrogens (tertiary/aromatic N) is 3. The van der Waals surface area contributed by atoms with E-state index < -0.39 is 11.6 Å². The molecule has 1 unspecified atom stereocenters. The topological polar surface area (TPSA) is 97.6 Å². The number of ketones is 1. The maximum Gasteiger partial charge on any atom is 0.286 e. The lowest BCUT2D eigenvalue weighted by molar-refractivity contribution is -0.126. The van der Waals surface area contributed by atoms with E-state index in [1.54, 1.807) is 7.11 Å². The summed E-state index contributed by atoms with van der Waals surface area (Å²) in [4.78, 5) is 27.9. The summed E-state index contributed by atoms with van der Waals surface area (Å²) in [6, 6.07) is -0.764. The van der Waals surface area contributed by atoms with E-state index >= 15 is 0 Å². The molecule has 8 nitrogen and oxygen atoms in total. The van der Waals surface area contributed by atoms with Gasteiger partial charge in [-0.3, -0.25) is 9.59 Å². The van der Waals surface area contributed by atoms with Gasteiger partial charge in [0.25, 0.3) is 11.1 Å². The first-order valence-corrected chi connectivity index (χ1v) is 11.2. The number of hydrogen-bond donors (Lipinski definition) is 1. The molecule has 0 bridgehead atoms. The van der Waals surface area contributed by atoms with E-state index in [0.29, 0.717) is 11.6 Å². The summed E-state index contributed by atoms with van der Waals surface area (Å²) in [5.41, 5.74) is -0.580. The SMILES string of the molecule is COC(C)(C)CC(NC(=O)C1CCCCC1)C(=O)c1nnc(SCCN(C)C)o1. The first-order valence-electron chi connectivity index (χ1n) is 10.2. The van der Waals surface area contributed by atoms with Gasteiger partial charge in [-0.2, -0.15) is 0 Å². The molecular formula is C20H34N4O4S. The van der Waals surface area contributed by atoms with Gasteiger partial charge in [-0.15, -0.1) is 10.2 Å². The Morgan fingerprint density at radius 2 is 1.97 bits per heavy atom. The quantitative estimate of drug-likeness (QED) is 0.426. The molecule has 0 saturated heterocycles. The van der Waals surface area contributed by atoms with E-state index in [1.165, 1.54) is 18.2 Å². The Bertz CT molecular complexity index is 671. The number of carbonyl (C=O) groups excluding carboxylic acids is 2. The molecule has 0 aliphatic heterocycles. The zero-order valence-electron chi connectivity index (χ0n) is 18.2. The highest BCUT2D eigenvalue weighted by Gasteiger charge is 2.34. The number of nitrogens with one attached hydrogen (secondary N) is 1. The number of ether oxygens (including phenoxy) is 1. The van der Waals surface area contributed by atoms with Gasteiger partial charge in [-0.1, -0.05) is 31.0 Å². The molecular weight excluding hydrogens is 392 g/mol. The normalized spacial score (nSPS) is 16.8. The number of Topliss-reactive ketones (excluding diaryl/α,β-unsaturated/α-hetero) is 1. The van der Waals surface area contributed by atoms with Crippen molar-refractivity contribution in [3.63, 3.8) is 0 Å². The van der Waals surface area contributed by atoms with Crippen molar-refractivity contribution in [2.75, 3.05) is 33.5 Å². The predicted molar refractivity (Wildman–Crippen MR) is 112 cm³/mol. The average Bonchev–Trinajstić information content (AvgIpc) is 3.16. The van der Waals surface area contributed by atoms with Crippen LogP contribution in [0.2, 0.25) is 0 Å². The minimum absolute atomic E-state index is 0.0375. The van der Waals surface area contributed by atoms with Crippen LogP contribution < -0.4 is 5.32 Å². The monoisotopic (exact) mass is 426 g/mol. The molecule has 1 amide bonds. The maximum atomic E-state index is 13.1. The lowest BCUT2D eigenvalue weighted by Gasteiger charge is -2.29. The summed E-state index contributed by atoms with van der Waals surface area (Å²) in [7, 11) is 5.57. The Balaban J connectivity index is 2.07.